The molecule has 1 aromatic heterocycles. The molecule has 0 saturated carbocycles. The number of anilines is 3. The lowest BCUT2D eigenvalue weighted by molar-refractivity contribution is 0.102. The summed E-state index contributed by atoms with van der Waals surface area (Å²) in [5.74, 6) is -1.23. The van der Waals surface area contributed by atoms with E-state index in [0.717, 1.165) is 11.6 Å². The largest absolute Gasteiger partial charge is 0.505 e. The number of rotatable bonds is 4. The minimum absolute atomic E-state index is 0.295. The van der Waals surface area contributed by atoms with Gasteiger partial charge in [-0.05, 0) is 42.8 Å². The second-order valence-corrected chi connectivity index (χ2v) is 5.52. The SMILES string of the molecule is Cc1cnc(Nc2ccc(O)c(F)c2)c(C(=O)Nc2ccccc2)c1. The fraction of sp³-hybridized carbons (Fsp3) is 0.0526. The smallest absolute Gasteiger partial charge is 0.259 e. The molecule has 3 rings (SSSR count). The zero-order valence-electron chi connectivity index (χ0n) is 13.5. The van der Waals surface area contributed by atoms with E-state index >= 15 is 0 Å². The van der Waals surface area contributed by atoms with E-state index in [0.29, 0.717) is 22.8 Å². The van der Waals surface area contributed by atoms with Crippen molar-refractivity contribution >= 4 is 23.1 Å². The number of nitrogens with zero attached hydrogens (tertiary/aromatic N) is 1. The Bertz CT molecular complexity index is 914. The van der Waals surface area contributed by atoms with Gasteiger partial charge in [0.05, 0.1) is 5.56 Å². The predicted octanol–water partition coefficient (Wildman–Crippen LogP) is 4.23. The van der Waals surface area contributed by atoms with Crippen LogP contribution in [-0.4, -0.2) is 16.0 Å². The van der Waals surface area contributed by atoms with E-state index in [2.05, 4.69) is 15.6 Å². The Labute approximate surface area is 144 Å². The molecule has 0 spiro atoms. The van der Waals surface area contributed by atoms with Gasteiger partial charge in [-0.3, -0.25) is 4.79 Å². The van der Waals surface area contributed by atoms with Gasteiger partial charge in [0.25, 0.3) is 5.91 Å². The number of nitrogens with one attached hydrogen (secondary N) is 2. The van der Waals surface area contributed by atoms with E-state index < -0.39 is 11.6 Å². The van der Waals surface area contributed by atoms with Gasteiger partial charge < -0.3 is 15.7 Å². The van der Waals surface area contributed by atoms with Crippen LogP contribution in [0, 0.1) is 12.7 Å². The van der Waals surface area contributed by atoms with Gasteiger partial charge in [0.1, 0.15) is 5.82 Å². The number of hydrogen-bond donors (Lipinski definition) is 3. The number of carbonyl (C=O) groups is 1. The summed E-state index contributed by atoms with van der Waals surface area (Å²) >= 11 is 0. The maximum absolute atomic E-state index is 13.5. The molecule has 3 N–H and O–H groups in total. The standard InChI is InChI=1S/C19H16FN3O2/c1-12-9-15(19(25)23-13-5-3-2-4-6-13)18(21-11-12)22-14-7-8-17(24)16(20)10-14/h2-11,24H,1H3,(H,21,22)(H,23,25). The molecule has 0 bridgehead atoms. The Morgan fingerprint density at radius 1 is 1.08 bits per heavy atom. The highest BCUT2D eigenvalue weighted by atomic mass is 19.1. The van der Waals surface area contributed by atoms with Crippen molar-refractivity contribution in [2.45, 2.75) is 6.92 Å². The quantitative estimate of drug-likeness (QED) is 0.623. The average molecular weight is 337 g/mol. The first-order chi connectivity index (χ1) is 12.0. The second kappa shape index (κ2) is 7.00. The lowest BCUT2D eigenvalue weighted by Gasteiger charge is -2.12. The first-order valence-electron chi connectivity index (χ1n) is 7.61. The van der Waals surface area contributed by atoms with E-state index in [1.807, 2.05) is 25.1 Å². The molecule has 0 unspecified atom stereocenters. The van der Waals surface area contributed by atoms with E-state index in [-0.39, 0.29) is 5.91 Å². The highest BCUT2D eigenvalue weighted by Gasteiger charge is 2.14. The molecular weight excluding hydrogens is 321 g/mol. The number of amides is 1. The second-order valence-electron chi connectivity index (χ2n) is 5.52. The average Bonchev–Trinajstić information content (AvgIpc) is 2.60. The Kier molecular flexibility index (Phi) is 4.61. The third kappa shape index (κ3) is 3.92. The van der Waals surface area contributed by atoms with Crippen molar-refractivity contribution in [3.63, 3.8) is 0 Å². The summed E-state index contributed by atoms with van der Waals surface area (Å²) in [6.45, 7) is 1.83. The summed E-state index contributed by atoms with van der Waals surface area (Å²) in [5.41, 5.74) is 2.19. The topological polar surface area (TPSA) is 74.2 Å². The Balaban J connectivity index is 1.89. The molecule has 0 aliphatic heterocycles. The van der Waals surface area contributed by atoms with Crippen LogP contribution in [0.25, 0.3) is 0 Å². The molecule has 5 nitrogen and oxygen atoms in total. The van der Waals surface area contributed by atoms with Crippen molar-refractivity contribution in [3.8, 4) is 5.75 Å². The molecule has 0 aliphatic rings. The van der Waals surface area contributed by atoms with Crippen LogP contribution < -0.4 is 10.6 Å². The maximum atomic E-state index is 13.5. The van der Waals surface area contributed by atoms with Gasteiger partial charge in [-0.15, -0.1) is 0 Å². The Morgan fingerprint density at radius 3 is 2.56 bits per heavy atom. The summed E-state index contributed by atoms with van der Waals surface area (Å²) in [6, 6.07) is 14.6. The van der Waals surface area contributed by atoms with Gasteiger partial charge in [-0.25, -0.2) is 9.37 Å². The summed E-state index contributed by atoms with van der Waals surface area (Å²) in [7, 11) is 0. The molecule has 1 heterocycles. The molecular formula is C19H16FN3O2. The van der Waals surface area contributed by atoms with Gasteiger partial charge in [-0.1, -0.05) is 18.2 Å². The normalized spacial score (nSPS) is 10.3. The molecule has 2 aromatic carbocycles. The number of aromatic hydroxyl groups is 1. The first kappa shape index (κ1) is 16.4. The van der Waals surface area contributed by atoms with Crippen LogP contribution in [0.3, 0.4) is 0 Å². The van der Waals surface area contributed by atoms with Crippen molar-refractivity contribution in [3.05, 3.63) is 77.7 Å². The summed E-state index contributed by atoms with van der Waals surface area (Å²) in [5, 5.41) is 15.0. The van der Waals surface area contributed by atoms with Crippen LogP contribution in [0.15, 0.2) is 60.8 Å². The number of pyridine rings is 1. The van der Waals surface area contributed by atoms with Crippen LogP contribution >= 0.6 is 0 Å². The summed E-state index contributed by atoms with van der Waals surface area (Å²) in [4.78, 5) is 16.8. The molecule has 0 fully saturated rings. The van der Waals surface area contributed by atoms with Crippen LogP contribution in [0.2, 0.25) is 0 Å². The van der Waals surface area contributed by atoms with Crippen molar-refractivity contribution in [1.29, 1.82) is 0 Å². The number of phenols is 1. The van der Waals surface area contributed by atoms with Crippen LogP contribution in [0.4, 0.5) is 21.6 Å². The van der Waals surface area contributed by atoms with Gasteiger partial charge in [0.2, 0.25) is 0 Å². The number of hydrogen-bond acceptors (Lipinski definition) is 4. The van der Waals surface area contributed by atoms with Crippen molar-refractivity contribution < 1.29 is 14.3 Å². The van der Waals surface area contributed by atoms with Crippen molar-refractivity contribution in [2.24, 2.45) is 0 Å². The summed E-state index contributed by atoms with van der Waals surface area (Å²) in [6.07, 6.45) is 1.61. The summed E-state index contributed by atoms with van der Waals surface area (Å²) < 4.78 is 13.5. The molecule has 6 heteroatoms. The number of benzene rings is 2. The molecule has 0 radical (unpaired) electrons. The van der Waals surface area contributed by atoms with Gasteiger partial charge in [0.15, 0.2) is 11.6 Å². The minimum Gasteiger partial charge on any atom is -0.505 e. The van der Waals surface area contributed by atoms with E-state index in [1.165, 1.54) is 12.1 Å². The van der Waals surface area contributed by atoms with Crippen LogP contribution in [0.1, 0.15) is 15.9 Å². The fourth-order valence-electron chi connectivity index (χ4n) is 2.28. The zero-order chi connectivity index (χ0) is 17.8. The maximum Gasteiger partial charge on any atom is 0.259 e. The number of para-hydroxylation sites is 1. The molecule has 0 atom stereocenters. The Morgan fingerprint density at radius 2 is 1.84 bits per heavy atom. The lowest BCUT2D eigenvalue weighted by atomic mass is 10.1. The minimum atomic E-state index is -0.757. The number of halogens is 1. The van der Waals surface area contributed by atoms with Crippen LogP contribution in [-0.2, 0) is 0 Å². The van der Waals surface area contributed by atoms with E-state index in [9.17, 15) is 14.3 Å². The van der Waals surface area contributed by atoms with E-state index in [4.69, 9.17) is 0 Å². The monoisotopic (exact) mass is 337 g/mol. The first-order valence-corrected chi connectivity index (χ1v) is 7.61. The zero-order valence-corrected chi connectivity index (χ0v) is 13.5. The van der Waals surface area contributed by atoms with Crippen molar-refractivity contribution in [1.82, 2.24) is 4.98 Å². The van der Waals surface area contributed by atoms with Crippen molar-refractivity contribution in [2.75, 3.05) is 10.6 Å². The number of carbonyl (C=O) groups excluding carboxylic acids is 1. The third-order valence-electron chi connectivity index (χ3n) is 3.51. The number of phenolic OH excluding ortho intramolecular Hbond substituents is 1. The molecule has 0 aliphatic carbocycles. The molecule has 3 aromatic rings. The fourth-order valence-corrected chi connectivity index (χ4v) is 2.28. The third-order valence-corrected chi connectivity index (χ3v) is 3.51. The van der Waals surface area contributed by atoms with Gasteiger partial charge in [0, 0.05) is 23.6 Å². The predicted molar refractivity (Wildman–Crippen MR) is 94.7 cm³/mol. The number of aromatic nitrogens is 1. The van der Waals surface area contributed by atoms with Gasteiger partial charge in [-0.2, -0.15) is 0 Å². The van der Waals surface area contributed by atoms with Gasteiger partial charge >= 0.3 is 0 Å². The molecule has 126 valence electrons. The molecule has 0 saturated heterocycles. The highest BCUT2D eigenvalue weighted by molar-refractivity contribution is 6.07. The van der Waals surface area contributed by atoms with E-state index in [1.54, 1.807) is 24.4 Å². The molecule has 25 heavy (non-hydrogen) atoms. The number of aryl methyl sites for hydroxylation is 1. The molecule has 1 amide bonds. The van der Waals surface area contributed by atoms with Crippen LogP contribution in [0.5, 0.6) is 5.75 Å². The Hall–Kier alpha value is -3.41. The lowest BCUT2D eigenvalue weighted by Crippen LogP contribution is -2.15. The highest BCUT2D eigenvalue weighted by Crippen LogP contribution is 2.24.